The normalized spacial score (nSPS) is 14.3. The van der Waals surface area contributed by atoms with Crippen LogP contribution in [0.25, 0.3) is 28.0 Å². The Hall–Kier alpha value is -7.01. The van der Waals surface area contributed by atoms with Crippen LogP contribution in [0.5, 0.6) is 0 Å². The van der Waals surface area contributed by atoms with Gasteiger partial charge in [0.15, 0.2) is 5.71 Å². The minimum Gasteiger partial charge on any atom is -0.396 e. The maximum Gasteiger partial charge on any atom is 0.296 e. The molecule has 0 heterocycles. The molecule has 59 heavy (non-hydrogen) atoms. The molecule has 0 bridgehead atoms. The number of nitrogens with zero attached hydrogens (tertiary/aromatic N) is 5. The van der Waals surface area contributed by atoms with E-state index in [-0.39, 0.29) is 32.9 Å². The number of carbonyl (C=O) groups excluding carboxylic acids is 1. The van der Waals surface area contributed by atoms with Gasteiger partial charge in [0.2, 0.25) is 5.78 Å². The number of hydrazone groups is 1. The SMILES string of the molecule is Nc1c(N=Nc2ccc(-c3ccc(N=Nc4ccc5c(S(=O)(=O)O)cccc5c4N)cc3)cc2)c(S(=O)(=O)O)cc2c1C(=O)/C(=N\Nc1ccccc1)C(S(=O)(=O)O)=C2. The Balaban J connectivity index is 1.14. The second-order valence-corrected chi connectivity index (χ2v) is 16.8. The molecule has 0 unspecified atom stereocenters. The number of nitrogens with one attached hydrogen (secondary N) is 1. The second-order valence-electron chi connectivity index (χ2n) is 12.6. The number of Topliss-reactive ketones (excluding diaryl/α,β-unsaturated/α-hetero) is 1. The third kappa shape index (κ3) is 8.36. The zero-order valence-corrected chi connectivity index (χ0v) is 32.3. The average Bonchev–Trinajstić information content (AvgIpc) is 3.19. The van der Waals surface area contributed by atoms with Crippen LogP contribution in [0.4, 0.5) is 39.8 Å². The summed E-state index contributed by atoms with van der Waals surface area (Å²) in [4.78, 5) is 11.6. The summed E-state index contributed by atoms with van der Waals surface area (Å²) < 4.78 is 103. The molecule has 18 nitrogen and oxygen atoms in total. The molecule has 0 aromatic heterocycles. The number of azo groups is 2. The predicted molar refractivity (Wildman–Crippen MR) is 220 cm³/mol. The fraction of sp³-hybridized carbons (Fsp3) is 0. The molecule has 0 amide bonds. The first-order chi connectivity index (χ1) is 27.9. The van der Waals surface area contributed by atoms with Gasteiger partial charge in [-0.05, 0) is 77.4 Å². The fourth-order valence-corrected chi connectivity index (χ4v) is 8.08. The number of hydrogen-bond acceptors (Lipinski definition) is 15. The van der Waals surface area contributed by atoms with Crippen molar-refractivity contribution in [3.63, 3.8) is 0 Å². The number of allylic oxidation sites excluding steroid dienone is 1. The van der Waals surface area contributed by atoms with E-state index in [1.165, 1.54) is 24.3 Å². The highest BCUT2D eigenvalue weighted by molar-refractivity contribution is 7.91. The number of fused-ring (bicyclic) bond motifs is 2. The van der Waals surface area contributed by atoms with Crippen molar-refractivity contribution >= 4 is 98.5 Å². The standard InChI is InChI=1S/C38H28N8O10S3/c39-34-28-7-4-8-30(57(48,49)50)27(28)17-18-29(34)44-41-25-13-9-21(10-14-25)22-11-15-26(16-12-22)43-45-36-31(58(51,52)53)19-23-20-32(59(54,55)56)37(38(47)33(23)35(36)40)46-42-24-5-2-1-3-6-24/h1-20,42H,39-40H2,(H,48,49,50)(H,51,52,53)(H,54,55,56)/b44-41?,45-43?,46-37-. The van der Waals surface area contributed by atoms with Gasteiger partial charge in [-0.3, -0.25) is 23.9 Å². The monoisotopic (exact) mass is 852 g/mol. The van der Waals surface area contributed by atoms with Gasteiger partial charge in [0.25, 0.3) is 30.4 Å². The van der Waals surface area contributed by atoms with Crippen LogP contribution in [0, 0.1) is 0 Å². The number of para-hydroxylation sites is 1. The summed E-state index contributed by atoms with van der Waals surface area (Å²) in [6.45, 7) is 0. The Labute approximate surface area is 335 Å². The molecule has 0 saturated carbocycles. The van der Waals surface area contributed by atoms with Crippen LogP contribution in [0.1, 0.15) is 15.9 Å². The third-order valence-electron chi connectivity index (χ3n) is 8.85. The van der Waals surface area contributed by atoms with Gasteiger partial charge >= 0.3 is 0 Å². The summed E-state index contributed by atoms with van der Waals surface area (Å²) in [7, 11) is -14.6. The van der Waals surface area contributed by atoms with Crippen LogP contribution >= 0.6 is 0 Å². The predicted octanol–water partition coefficient (Wildman–Crippen LogP) is 7.89. The Kier molecular flexibility index (Phi) is 10.5. The number of nitrogen functional groups attached to an aromatic ring is 2. The summed E-state index contributed by atoms with van der Waals surface area (Å²) in [5, 5.41) is 21.0. The van der Waals surface area contributed by atoms with Crippen molar-refractivity contribution in [1.29, 1.82) is 0 Å². The van der Waals surface area contributed by atoms with E-state index in [0.717, 1.165) is 23.3 Å². The molecule has 0 atom stereocenters. The molecule has 0 saturated heterocycles. The zero-order valence-electron chi connectivity index (χ0n) is 29.9. The highest BCUT2D eigenvalue weighted by Gasteiger charge is 2.37. The van der Waals surface area contributed by atoms with Gasteiger partial charge in [0.05, 0.1) is 34.0 Å². The molecule has 0 radical (unpaired) electrons. The molecule has 0 spiro atoms. The first-order valence-electron chi connectivity index (χ1n) is 16.8. The zero-order chi connectivity index (χ0) is 42.3. The van der Waals surface area contributed by atoms with E-state index < -0.39 is 68.6 Å². The molecule has 1 aliphatic rings. The van der Waals surface area contributed by atoms with Crippen molar-refractivity contribution in [2.75, 3.05) is 16.9 Å². The maximum absolute atomic E-state index is 13.7. The van der Waals surface area contributed by atoms with Crippen LogP contribution < -0.4 is 16.9 Å². The van der Waals surface area contributed by atoms with Crippen molar-refractivity contribution in [3.8, 4) is 11.1 Å². The Morgan fingerprint density at radius 2 is 1.15 bits per heavy atom. The lowest BCUT2D eigenvalue weighted by molar-refractivity contribution is 0.106. The Morgan fingerprint density at radius 3 is 1.73 bits per heavy atom. The van der Waals surface area contributed by atoms with Gasteiger partial charge < -0.3 is 11.5 Å². The lowest BCUT2D eigenvalue weighted by Gasteiger charge is -2.20. The Morgan fingerprint density at radius 1 is 0.559 bits per heavy atom. The van der Waals surface area contributed by atoms with E-state index in [1.54, 1.807) is 84.9 Å². The van der Waals surface area contributed by atoms with Crippen LogP contribution in [0.3, 0.4) is 0 Å². The second kappa shape index (κ2) is 15.4. The van der Waals surface area contributed by atoms with Gasteiger partial charge in [-0.2, -0.15) is 40.6 Å². The van der Waals surface area contributed by atoms with E-state index in [4.69, 9.17) is 11.5 Å². The van der Waals surface area contributed by atoms with E-state index in [1.807, 2.05) is 0 Å². The van der Waals surface area contributed by atoms with Gasteiger partial charge in [0, 0.05) is 10.8 Å². The first-order valence-corrected chi connectivity index (χ1v) is 21.1. The van der Waals surface area contributed by atoms with Gasteiger partial charge in [-0.25, -0.2) is 0 Å². The number of rotatable bonds is 10. The van der Waals surface area contributed by atoms with Crippen LogP contribution in [-0.2, 0) is 30.4 Å². The summed E-state index contributed by atoms with van der Waals surface area (Å²) in [6.07, 6.45) is 0.796. The van der Waals surface area contributed by atoms with E-state index in [0.29, 0.717) is 16.8 Å². The lowest BCUT2D eigenvalue weighted by atomic mass is 9.92. The molecule has 21 heteroatoms. The average molecular weight is 853 g/mol. The number of carbonyl (C=O) groups is 1. The molecule has 0 aliphatic heterocycles. The first kappa shape index (κ1) is 40.2. The maximum atomic E-state index is 13.7. The largest absolute Gasteiger partial charge is 0.396 e. The van der Waals surface area contributed by atoms with Crippen molar-refractivity contribution in [2.45, 2.75) is 9.79 Å². The van der Waals surface area contributed by atoms with Gasteiger partial charge in [-0.1, -0.05) is 60.7 Å². The van der Waals surface area contributed by atoms with E-state index in [2.05, 4.69) is 31.0 Å². The fourth-order valence-electron chi connectivity index (χ4n) is 6.04. The van der Waals surface area contributed by atoms with Crippen molar-refractivity contribution in [1.82, 2.24) is 0 Å². The molecule has 6 aromatic carbocycles. The molecular weight excluding hydrogens is 825 g/mol. The smallest absolute Gasteiger partial charge is 0.296 e. The number of benzene rings is 6. The quantitative estimate of drug-likeness (QED) is 0.0331. The molecule has 1 aliphatic carbocycles. The van der Waals surface area contributed by atoms with Crippen molar-refractivity contribution in [2.24, 2.45) is 25.6 Å². The van der Waals surface area contributed by atoms with Crippen molar-refractivity contribution in [3.05, 3.63) is 131 Å². The minimum absolute atomic E-state index is 0.171. The van der Waals surface area contributed by atoms with E-state index in [9.17, 15) is 43.7 Å². The summed E-state index contributed by atoms with van der Waals surface area (Å²) in [5.74, 6) is -1.10. The molecule has 7 rings (SSSR count). The highest BCUT2D eigenvalue weighted by atomic mass is 32.2. The van der Waals surface area contributed by atoms with Crippen molar-refractivity contribution < 1.29 is 43.7 Å². The lowest BCUT2D eigenvalue weighted by Crippen LogP contribution is -2.28. The molecule has 8 N–H and O–H groups in total. The number of hydrogen-bond donors (Lipinski definition) is 6. The highest BCUT2D eigenvalue weighted by Crippen LogP contribution is 2.41. The molecule has 6 aromatic rings. The molecular formula is C38H28N8O10S3. The van der Waals surface area contributed by atoms with Gasteiger partial charge in [0.1, 0.15) is 26.1 Å². The number of nitrogens with two attached hydrogens (primary N) is 2. The minimum atomic E-state index is -5.09. The van der Waals surface area contributed by atoms with Crippen LogP contribution in [-0.4, -0.2) is 50.4 Å². The third-order valence-corrected chi connectivity index (χ3v) is 11.5. The van der Waals surface area contributed by atoms with E-state index >= 15 is 0 Å². The van der Waals surface area contributed by atoms with Crippen LogP contribution in [0.2, 0.25) is 0 Å². The number of anilines is 3. The summed E-state index contributed by atoms with van der Waals surface area (Å²) >= 11 is 0. The summed E-state index contributed by atoms with van der Waals surface area (Å²) in [5.41, 5.74) is 15.4. The molecule has 298 valence electrons. The number of ketones is 1. The topological polar surface area (TPSA) is 306 Å². The Bertz CT molecular complexity index is 3170. The van der Waals surface area contributed by atoms with Crippen LogP contribution in [0.15, 0.2) is 156 Å². The summed E-state index contributed by atoms with van der Waals surface area (Å²) in [6, 6.07) is 29.6. The van der Waals surface area contributed by atoms with Gasteiger partial charge in [-0.15, -0.1) is 10.2 Å². The molecule has 0 fully saturated rings.